The molecule has 3 aliphatic rings. The van der Waals surface area contributed by atoms with Crippen molar-refractivity contribution >= 4 is 118 Å². The Bertz CT molecular complexity index is 4220. The highest BCUT2D eigenvalue weighted by molar-refractivity contribution is 6.02. The number of carbonyl (C=O) groups is 17. The second-order valence-corrected chi connectivity index (χ2v) is 34.5. The van der Waals surface area contributed by atoms with Crippen molar-refractivity contribution < 1.29 is 91.7 Å². The van der Waals surface area contributed by atoms with Crippen molar-refractivity contribution in [3.8, 4) is 0 Å². The third-order valence-electron chi connectivity index (χ3n) is 22.6. The summed E-state index contributed by atoms with van der Waals surface area (Å²) in [4.78, 5) is 252. The molecule has 2 aromatic rings. The van der Waals surface area contributed by atoms with E-state index >= 15 is 14.4 Å². The van der Waals surface area contributed by atoms with Crippen LogP contribution in [0, 0.1) is 34.0 Å². The number of primary amides is 3. The summed E-state index contributed by atoms with van der Waals surface area (Å²) in [6.45, 7) is 7.41. The zero-order valence-electron chi connectivity index (χ0n) is 75.3. The van der Waals surface area contributed by atoms with Crippen LogP contribution in [0.3, 0.4) is 0 Å². The van der Waals surface area contributed by atoms with Crippen molar-refractivity contribution in [2.24, 2.45) is 52.2 Å². The van der Waals surface area contributed by atoms with Gasteiger partial charge in [0.2, 0.25) is 100 Å². The molecule has 2 aliphatic carbocycles. The van der Waals surface area contributed by atoms with Crippen molar-refractivity contribution in [2.45, 2.75) is 299 Å². The Morgan fingerprint density at radius 3 is 1.38 bits per heavy atom. The van der Waals surface area contributed by atoms with E-state index in [0.29, 0.717) is 30.5 Å². The maximum atomic E-state index is 15.2. The Hall–Kier alpha value is -12.9. The zero-order chi connectivity index (χ0) is 97.2. The number of aliphatic hydroxyl groups is 2. The number of H-pyrrole nitrogens is 1. The molecule has 14 atom stereocenters. The molecule has 728 valence electrons. The minimum atomic E-state index is -2.06. The van der Waals surface area contributed by atoms with Gasteiger partial charge < -0.3 is 140 Å². The van der Waals surface area contributed by atoms with E-state index in [1.54, 1.807) is 26.0 Å². The maximum absolute atomic E-state index is 15.2. The topological polar surface area (TPSA) is 796 Å². The molecule has 0 bridgehead atoms. The lowest BCUT2D eigenvalue weighted by Crippen LogP contribution is -2.65. The Kier molecular flexibility index (Phi) is 45.8. The number of nitrogens with one attached hydrogen (secondary N) is 20. The highest BCUT2D eigenvalue weighted by Crippen LogP contribution is 2.30. The normalized spacial score (nSPS) is 17.0. The highest BCUT2D eigenvalue weighted by atomic mass is 16.3. The number of nitrogens with two attached hydrogens (primary N) is 6. The molecule has 0 aromatic carbocycles. The minimum absolute atomic E-state index is 0.0163. The smallest absolute Gasteiger partial charge is 0.248 e. The number of aromatic nitrogens is 3. The Morgan fingerprint density at radius 2 is 0.924 bits per heavy atom. The number of hydrogen-bond donors (Lipinski definition) is 28. The van der Waals surface area contributed by atoms with Crippen LogP contribution in [-0.2, 0) is 94.3 Å². The first-order chi connectivity index (χ1) is 61.9. The Labute approximate surface area is 759 Å². The number of aliphatic hydroxyl groups excluding tert-OH is 2. The monoisotopic (exact) mass is 1840 g/mol. The van der Waals surface area contributed by atoms with Crippen LogP contribution in [0.5, 0.6) is 0 Å². The van der Waals surface area contributed by atoms with Gasteiger partial charge in [-0.05, 0) is 133 Å². The highest BCUT2D eigenvalue weighted by Gasteiger charge is 2.43. The molecule has 3 heterocycles. The average molecular weight is 1850 g/mol. The van der Waals surface area contributed by atoms with E-state index in [9.17, 15) is 77.3 Å². The number of nitrogens with zero attached hydrogens (tertiary/aromatic N) is 3. The molecule has 2 saturated carbocycles. The summed E-state index contributed by atoms with van der Waals surface area (Å²) in [5.74, 6) is -18.0. The first-order valence-electron chi connectivity index (χ1n) is 44.4. The quantitative estimate of drug-likeness (QED) is 0.0166. The number of hydrogen-bond acceptors (Lipinski definition) is 24. The predicted molar refractivity (Wildman–Crippen MR) is 476 cm³/mol. The van der Waals surface area contributed by atoms with Gasteiger partial charge in [0, 0.05) is 76.6 Å². The second kappa shape index (κ2) is 55.2. The first-order valence-corrected chi connectivity index (χ1v) is 44.4. The summed E-state index contributed by atoms with van der Waals surface area (Å²) < 4.78 is 0. The number of likely N-dealkylation sites (tertiary alicyclic amines) is 1. The molecule has 34 N–H and O–H groups in total. The van der Waals surface area contributed by atoms with Crippen LogP contribution in [0.4, 0.5) is 0 Å². The van der Waals surface area contributed by atoms with Crippen molar-refractivity contribution in [3.05, 3.63) is 48.3 Å². The second-order valence-electron chi connectivity index (χ2n) is 34.5. The molecular weight excluding hydrogens is 1710 g/mol. The van der Waals surface area contributed by atoms with Gasteiger partial charge in [0.15, 0.2) is 17.9 Å². The molecule has 131 heavy (non-hydrogen) atoms. The fraction of sp³-hybridized carbons (Fsp3) is 0.663. The summed E-state index contributed by atoms with van der Waals surface area (Å²) in [6, 6.07) is -16.7. The van der Waals surface area contributed by atoms with Crippen LogP contribution in [0.2, 0.25) is 0 Å². The molecule has 0 radical (unpaired) electrons. The third kappa shape index (κ3) is 39.1. The van der Waals surface area contributed by atoms with Gasteiger partial charge in [-0.1, -0.05) is 78.1 Å². The number of aromatic amines is 1. The van der Waals surface area contributed by atoms with E-state index < -0.39 is 228 Å². The van der Waals surface area contributed by atoms with Crippen molar-refractivity contribution in [2.75, 3.05) is 32.8 Å². The molecule has 0 spiro atoms. The lowest BCUT2D eigenvalue weighted by Gasteiger charge is -2.32. The maximum Gasteiger partial charge on any atom is 0.248 e. The van der Waals surface area contributed by atoms with Gasteiger partial charge in [-0.15, -0.1) is 0 Å². The van der Waals surface area contributed by atoms with Crippen LogP contribution >= 0.6 is 0 Å². The largest absolute Gasteiger partial charge is 0.394 e. The van der Waals surface area contributed by atoms with Crippen molar-refractivity contribution in [1.29, 1.82) is 16.2 Å². The van der Waals surface area contributed by atoms with E-state index in [2.05, 4.69) is 100 Å². The van der Waals surface area contributed by atoms with E-state index in [1.807, 2.05) is 0 Å². The molecule has 48 nitrogen and oxygen atoms in total. The summed E-state index contributed by atoms with van der Waals surface area (Å²) in [5, 5.41) is 85.4. The number of carbonyl (C=O) groups excluding carboxylic acids is 17. The minimum Gasteiger partial charge on any atom is -0.394 e. The zero-order valence-corrected chi connectivity index (χ0v) is 75.3. The fourth-order valence-corrected chi connectivity index (χ4v) is 15.7. The summed E-state index contributed by atoms with van der Waals surface area (Å²) in [6.07, 6.45) is 9.61. The van der Waals surface area contributed by atoms with Crippen LogP contribution in [-0.4, -0.2) is 271 Å². The molecule has 1 aliphatic heterocycles. The van der Waals surface area contributed by atoms with Gasteiger partial charge in [-0.2, -0.15) is 0 Å². The summed E-state index contributed by atoms with van der Waals surface area (Å²) in [7, 11) is 0. The van der Waals surface area contributed by atoms with E-state index in [1.165, 1.54) is 43.7 Å². The van der Waals surface area contributed by atoms with E-state index in [0.717, 1.165) is 65.2 Å². The number of rotatable bonds is 56. The molecule has 3 fully saturated rings. The lowest BCUT2D eigenvalue weighted by atomic mass is 9.84. The first kappa shape index (κ1) is 109. The van der Waals surface area contributed by atoms with Gasteiger partial charge in [0.05, 0.1) is 25.5 Å². The molecule has 2 aromatic heterocycles. The van der Waals surface area contributed by atoms with Crippen molar-refractivity contribution in [1.82, 2.24) is 105 Å². The van der Waals surface area contributed by atoms with Crippen LogP contribution < -0.4 is 119 Å². The number of pyridine rings is 1. The van der Waals surface area contributed by atoms with E-state index in [4.69, 9.17) is 50.6 Å². The van der Waals surface area contributed by atoms with Crippen LogP contribution in [0.1, 0.15) is 207 Å². The SMILES string of the molecule is CC(=O)N[C@@H](CO)C(=O)N1CCC[C@@H]1C(=O)N[C@@H](CCCNC(=N)N)C(=O)N[C@@H](Cc1cnc[nH]1)C(=O)N[C@@H](Cc1ccncc1)C(=O)N[C@@H](CC1CCCCC1)C(=O)N[C@@H](CC(N)=O)C(=O)N[C@@H](CC(C)C)C(=O)NC(C)(C)C(=O)N[C@H](C(=O)N[C@@H](CCCNC(=N)N)C(=O)N[C@@H](CCC(N)=O)C(=O)N[C@@H](CCCNC(=N)N)C(=O)N[C@@H](CC1CCCCC1)C(N)=O)[C@@H](C)O. The summed E-state index contributed by atoms with van der Waals surface area (Å²) in [5.41, 5.74) is 32.3. The third-order valence-corrected chi connectivity index (χ3v) is 22.6. The van der Waals surface area contributed by atoms with Crippen LogP contribution in [0.15, 0.2) is 37.1 Å². The molecule has 17 amide bonds. The Morgan fingerprint density at radius 1 is 0.489 bits per heavy atom. The molecular formula is C83H137N29O19. The molecule has 1 saturated heterocycles. The Balaban J connectivity index is 1.39. The molecule has 48 heteroatoms. The predicted octanol–water partition coefficient (Wildman–Crippen LogP) is -6.91. The van der Waals surface area contributed by atoms with E-state index in [-0.39, 0.29) is 127 Å². The molecule has 0 unspecified atom stereocenters. The van der Waals surface area contributed by atoms with Gasteiger partial charge >= 0.3 is 0 Å². The van der Waals surface area contributed by atoms with Gasteiger partial charge in [-0.25, -0.2) is 4.98 Å². The van der Waals surface area contributed by atoms with Gasteiger partial charge in [0.1, 0.15) is 84.1 Å². The van der Waals surface area contributed by atoms with Gasteiger partial charge in [-0.3, -0.25) is 103 Å². The number of imidazole rings is 1. The van der Waals surface area contributed by atoms with Crippen LogP contribution in [0.25, 0.3) is 0 Å². The average Bonchev–Trinajstić information content (AvgIpc) is 1.57. The fourth-order valence-electron chi connectivity index (χ4n) is 15.7. The number of guanidine groups is 3. The molecule has 5 rings (SSSR count). The standard InChI is InChI=1S/C83H137N29O19/c1-44(2)35-56(75(127)111-83(5,6)79(131)110-65(45(3)114)77(129)103-53(23-15-31-97-82(91)92)67(119)101-54(25-26-63(84)116)70(122)100-51(21-13-29-95-80(87)88)68(120)104-55(66(86)118)36-47-17-9-7-10-18-47)105-74(126)60(40-64(85)117)109-72(124)57(37-48-19-11-8-12-20-48)106-71(123)58(38-49-27-32-93-33-28-49)107-73(125)59(39-50-41-94-43-98-50)108-69(121)52(22-14-30-96-81(89)90)102-76(128)62-24-16-34-112(62)78(130)61(42-113)99-46(4)115/h27-28,32-33,41,43-45,47-48,51-62,65,113-114H,7-26,29-31,34-40,42H2,1-6H3,(H2,84,116)(H2,85,117)(H2,86,118)(H,94,98)(H,99,115)(H,100,122)(H,101,119)(H,102,128)(H,103,129)(H,104,120)(H,105,126)(H,106,123)(H,107,125)(H,108,121)(H,109,124)(H,110,131)(H,111,127)(H4,87,88,95)(H4,89,90,96)(H4,91,92,97)/t45-,51+,52+,53+,54+,55+,56+,57+,58+,59+,60+,61+,62-,65+/m1/s1. The van der Waals surface area contributed by atoms with Gasteiger partial charge in [0.25, 0.3) is 0 Å². The summed E-state index contributed by atoms with van der Waals surface area (Å²) >= 11 is 0. The number of amides is 17. The lowest BCUT2D eigenvalue weighted by molar-refractivity contribution is -0.143. The van der Waals surface area contributed by atoms with Crippen molar-refractivity contribution in [3.63, 3.8) is 0 Å².